The predicted molar refractivity (Wildman–Crippen MR) is 79.4 cm³/mol. The Morgan fingerprint density at radius 2 is 1.92 bits per heavy atom. The number of hydrogen-bond acceptors (Lipinski definition) is 4. The molecular formula is C15H18F3N5O. The monoisotopic (exact) mass is 341 g/mol. The fourth-order valence-corrected chi connectivity index (χ4v) is 3.09. The lowest BCUT2D eigenvalue weighted by molar-refractivity contribution is -0.144. The summed E-state index contributed by atoms with van der Waals surface area (Å²) in [4.78, 5) is 19.7. The van der Waals surface area contributed by atoms with Crippen LogP contribution in [0.15, 0.2) is 0 Å². The molecule has 1 aliphatic carbocycles. The molecule has 1 N–H and O–H groups in total. The first-order valence-electron chi connectivity index (χ1n) is 7.85. The Bertz CT molecular complexity index is 777. The van der Waals surface area contributed by atoms with E-state index in [1.165, 1.54) is 0 Å². The molecule has 9 heteroatoms. The second kappa shape index (κ2) is 6.03. The smallest absolute Gasteiger partial charge is 0.353 e. The minimum absolute atomic E-state index is 0.0678. The lowest BCUT2D eigenvalue weighted by Gasteiger charge is -2.14. The van der Waals surface area contributed by atoms with Gasteiger partial charge in [-0.05, 0) is 26.7 Å². The number of aromatic nitrogens is 4. The van der Waals surface area contributed by atoms with Crippen LogP contribution in [0.3, 0.4) is 0 Å². The maximum absolute atomic E-state index is 12.8. The second-order valence-electron chi connectivity index (χ2n) is 6.13. The van der Waals surface area contributed by atoms with E-state index in [4.69, 9.17) is 0 Å². The minimum atomic E-state index is -4.63. The summed E-state index contributed by atoms with van der Waals surface area (Å²) in [6.07, 6.45) is -0.407. The lowest BCUT2D eigenvalue weighted by atomic mass is 10.1. The summed E-state index contributed by atoms with van der Waals surface area (Å²) in [6.45, 7) is 3.28. The van der Waals surface area contributed by atoms with Gasteiger partial charge in [-0.3, -0.25) is 4.79 Å². The minimum Gasteiger partial charge on any atom is -0.353 e. The van der Waals surface area contributed by atoms with Crippen molar-refractivity contribution >= 4 is 11.7 Å². The van der Waals surface area contributed by atoms with E-state index >= 15 is 0 Å². The average Bonchev–Trinajstić information content (AvgIpc) is 3.12. The van der Waals surface area contributed by atoms with E-state index in [0.717, 1.165) is 30.2 Å². The first-order chi connectivity index (χ1) is 11.3. The zero-order valence-corrected chi connectivity index (χ0v) is 13.4. The molecule has 6 nitrogen and oxygen atoms in total. The van der Waals surface area contributed by atoms with Gasteiger partial charge in [0.2, 0.25) is 5.91 Å². The summed E-state index contributed by atoms with van der Waals surface area (Å²) in [5, 5.41) is 6.45. The summed E-state index contributed by atoms with van der Waals surface area (Å²) < 4.78 is 39.3. The van der Waals surface area contributed by atoms with Crippen molar-refractivity contribution in [1.82, 2.24) is 24.9 Å². The number of halogens is 3. The maximum Gasteiger partial charge on any atom is 0.453 e. The Balaban J connectivity index is 1.88. The van der Waals surface area contributed by atoms with Gasteiger partial charge in [-0.1, -0.05) is 12.8 Å². The number of aryl methyl sites for hydroxylation is 2. The van der Waals surface area contributed by atoms with E-state index < -0.39 is 12.0 Å². The molecule has 130 valence electrons. The van der Waals surface area contributed by atoms with E-state index in [1.807, 2.05) is 0 Å². The molecule has 1 saturated carbocycles. The number of nitrogens with one attached hydrogen (secondary N) is 1. The van der Waals surface area contributed by atoms with Crippen LogP contribution < -0.4 is 5.32 Å². The Labute approximate surface area is 136 Å². The predicted octanol–water partition coefficient (Wildman–Crippen LogP) is 2.36. The van der Waals surface area contributed by atoms with Crippen molar-refractivity contribution in [3.8, 4) is 0 Å². The van der Waals surface area contributed by atoms with Crippen molar-refractivity contribution in [2.45, 2.75) is 58.2 Å². The molecule has 0 saturated heterocycles. The van der Waals surface area contributed by atoms with Crippen LogP contribution in [-0.4, -0.2) is 31.5 Å². The Morgan fingerprint density at radius 3 is 2.54 bits per heavy atom. The SMILES string of the molecule is Cc1nc2nc(C(F)(F)F)nn2c(C)c1CC(=O)NC1CCCC1. The maximum atomic E-state index is 12.8. The van der Waals surface area contributed by atoms with Crippen LogP contribution in [0.4, 0.5) is 13.2 Å². The van der Waals surface area contributed by atoms with E-state index in [2.05, 4.69) is 20.4 Å². The highest BCUT2D eigenvalue weighted by Crippen LogP contribution is 2.27. The fraction of sp³-hybridized carbons (Fsp3) is 0.600. The Hall–Kier alpha value is -2.19. The number of rotatable bonds is 3. The molecule has 0 radical (unpaired) electrons. The third kappa shape index (κ3) is 3.20. The topological polar surface area (TPSA) is 72.2 Å². The zero-order valence-electron chi connectivity index (χ0n) is 13.4. The van der Waals surface area contributed by atoms with Crippen LogP contribution in [0, 0.1) is 13.8 Å². The fourth-order valence-electron chi connectivity index (χ4n) is 3.09. The van der Waals surface area contributed by atoms with Gasteiger partial charge in [-0.25, -0.2) is 9.50 Å². The van der Waals surface area contributed by atoms with Gasteiger partial charge < -0.3 is 5.32 Å². The van der Waals surface area contributed by atoms with E-state index in [9.17, 15) is 18.0 Å². The summed E-state index contributed by atoms with van der Waals surface area (Å²) in [7, 11) is 0. The third-order valence-corrected chi connectivity index (χ3v) is 4.36. The van der Waals surface area contributed by atoms with E-state index in [1.54, 1.807) is 13.8 Å². The van der Waals surface area contributed by atoms with Gasteiger partial charge in [-0.2, -0.15) is 18.2 Å². The molecule has 0 atom stereocenters. The number of carbonyl (C=O) groups excluding carboxylic acids is 1. The molecule has 0 spiro atoms. The van der Waals surface area contributed by atoms with Crippen molar-refractivity contribution in [2.24, 2.45) is 0 Å². The van der Waals surface area contributed by atoms with Crippen LogP contribution in [0.1, 0.15) is 48.5 Å². The normalized spacial score (nSPS) is 16.0. The van der Waals surface area contributed by atoms with Crippen molar-refractivity contribution < 1.29 is 18.0 Å². The standard InChI is InChI=1S/C15H18F3N5O/c1-8-11(7-12(24)20-10-5-3-4-6-10)9(2)23-14(19-8)21-13(22-23)15(16,17)18/h10H,3-7H2,1-2H3,(H,20,24). The lowest BCUT2D eigenvalue weighted by Crippen LogP contribution is -2.34. The van der Waals surface area contributed by atoms with Crippen molar-refractivity contribution in [3.05, 3.63) is 22.8 Å². The number of amides is 1. The van der Waals surface area contributed by atoms with Crippen molar-refractivity contribution in [3.63, 3.8) is 0 Å². The molecule has 1 amide bonds. The van der Waals surface area contributed by atoms with Crippen LogP contribution in [0.25, 0.3) is 5.78 Å². The number of nitrogens with zero attached hydrogens (tertiary/aromatic N) is 4. The summed E-state index contributed by atoms with van der Waals surface area (Å²) in [5.41, 5.74) is 1.52. The molecule has 2 aromatic rings. The van der Waals surface area contributed by atoms with Gasteiger partial charge in [0.1, 0.15) is 0 Å². The average molecular weight is 341 g/mol. The molecule has 0 bridgehead atoms. The van der Waals surface area contributed by atoms with Gasteiger partial charge >= 0.3 is 6.18 Å². The number of fused-ring (bicyclic) bond motifs is 1. The molecular weight excluding hydrogens is 323 g/mol. The molecule has 3 rings (SSSR count). The van der Waals surface area contributed by atoms with E-state index in [0.29, 0.717) is 17.0 Å². The first-order valence-corrected chi connectivity index (χ1v) is 7.85. The van der Waals surface area contributed by atoms with E-state index in [-0.39, 0.29) is 24.1 Å². The highest BCUT2D eigenvalue weighted by atomic mass is 19.4. The third-order valence-electron chi connectivity index (χ3n) is 4.36. The molecule has 2 heterocycles. The first kappa shape index (κ1) is 16.7. The van der Waals surface area contributed by atoms with Gasteiger partial charge in [-0.15, -0.1) is 5.10 Å². The molecule has 1 aliphatic rings. The molecule has 24 heavy (non-hydrogen) atoms. The molecule has 1 fully saturated rings. The van der Waals surface area contributed by atoms with Crippen LogP contribution in [0.5, 0.6) is 0 Å². The van der Waals surface area contributed by atoms with Crippen LogP contribution >= 0.6 is 0 Å². The van der Waals surface area contributed by atoms with Gasteiger partial charge in [0, 0.05) is 23.0 Å². The molecule has 0 unspecified atom stereocenters. The van der Waals surface area contributed by atoms with Gasteiger partial charge in [0.15, 0.2) is 0 Å². The highest BCUT2D eigenvalue weighted by molar-refractivity contribution is 5.79. The molecule has 0 aromatic carbocycles. The zero-order chi connectivity index (χ0) is 17.5. The van der Waals surface area contributed by atoms with Crippen molar-refractivity contribution in [1.29, 1.82) is 0 Å². The summed E-state index contributed by atoms with van der Waals surface area (Å²) in [5.74, 6) is -1.49. The molecule has 0 aliphatic heterocycles. The van der Waals surface area contributed by atoms with Crippen LogP contribution in [0.2, 0.25) is 0 Å². The Kier molecular flexibility index (Phi) is 4.18. The largest absolute Gasteiger partial charge is 0.453 e. The quantitative estimate of drug-likeness (QED) is 0.930. The number of hydrogen-bond donors (Lipinski definition) is 1. The summed E-state index contributed by atoms with van der Waals surface area (Å²) in [6, 6.07) is 0.193. The highest BCUT2D eigenvalue weighted by Gasteiger charge is 2.37. The van der Waals surface area contributed by atoms with Gasteiger partial charge in [0.05, 0.1) is 6.42 Å². The summed E-state index contributed by atoms with van der Waals surface area (Å²) >= 11 is 0. The van der Waals surface area contributed by atoms with Crippen LogP contribution in [-0.2, 0) is 17.4 Å². The van der Waals surface area contributed by atoms with Crippen molar-refractivity contribution in [2.75, 3.05) is 0 Å². The molecule has 2 aromatic heterocycles. The number of alkyl halides is 3. The number of carbonyl (C=O) groups is 1. The Morgan fingerprint density at radius 1 is 1.25 bits per heavy atom. The second-order valence-corrected chi connectivity index (χ2v) is 6.13. The van der Waals surface area contributed by atoms with Gasteiger partial charge in [0.25, 0.3) is 11.6 Å².